The standard InChI is InChI=1S/C7H7N3O2S/c11-7(12)10-2-4-1-8-6(13)9-5(4)3-10/h1H,2-3H2,(H,11,12)(H,8,9,13). The molecule has 0 saturated heterocycles. The summed E-state index contributed by atoms with van der Waals surface area (Å²) in [5.74, 6) is 0. The fourth-order valence-electron chi connectivity index (χ4n) is 1.28. The first-order chi connectivity index (χ1) is 6.16. The van der Waals surface area contributed by atoms with Crippen LogP contribution in [0.4, 0.5) is 4.79 Å². The topological polar surface area (TPSA) is 66.3 Å². The van der Waals surface area contributed by atoms with Crippen LogP contribution in [0.25, 0.3) is 0 Å². The summed E-state index contributed by atoms with van der Waals surface area (Å²) >= 11 is 3.98. The van der Waals surface area contributed by atoms with E-state index in [1.54, 1.807) is 6.20 Å². The van der Waals surface area contributed by atoms with Crippen LogP contribution in [0.2, 0.25) is 0 Å². The summed E-state index contributed by atoms with van der Waals surface area (Å²) in [5, 5.41) is 9.09. The lowest BCUT2D eigenvalue weighted by atomic mass is 10.3. The molecule has 5 nitrogen and oxygen atoms in total. The zero-order valence-electron chi connectivity index (χ0n) is 6.64. The lowest BCUT2D eigenvalue weighted by molar-refractivity contribution is 0.145. The molecule has 1 aromatic rings. The molecule has 0 fully saturated rings. The molecule has 0 saturated carbocycles. The number of aromatic nitrogens is 2. The van der Waals surface area contributed by atoms with Crippen LogP contribution < -0.4 is 0 Å². The number of carboxylic acid groups (broad SMARTS) is 1. The van der Waals surface area contributed by atoms with E-state index < -0.39 is 6.09 Å². The Morgan fingerprint density at radius 1 is 1.62 bits per heavy atom. The van der Waals surface area contributed by atoms with E-state index in [-0.39, 0.29) is 0 Å². The van der Waals surface area contributed by atoms with E-state index in [4.69, 9.17) is 5.11 Å². The predicted molar refractivity (Wildman–Crippen MR) is 46.6 cm³/mol. The summed E-state index contributed by atoms with van der Waals surface area (Å²) in [6, 6.07) is 0. The lowest BCUT2D eigenvalue weighted by Crippen LogP contribution is -2.22. The van der Waals surface area contributed by atoms with Gasteiger partial charge in [0.05, 0.1) is 18.8 Å². The lowest BCUT2D eigenvalue weighted by Gasteiger charge is -2.07. The maximum Gasteiger partial charge on any atom is 0.407 e. The minimum Gasteiger partial charge on any atom is -0.465 e. The van der Waals surface area contributed by atoms with Crippen molar-refractivity contribution in [2.24, 2.45) is 0 Å². The fourth-order valence-corrected chi connectivity index (χ4v) is 1.46. The Kier molecular flexibility index (Phi) is 1.84. The van der Waals surface area contributed by atoms with Gasteiger partial charge in [-0.25, -0.2) is 14.8 Å². The third-order valence-corrected chi connectivity index (χ3v) is 2.13. The first kappa shape index (κ1) is 8.31. The van der Waals surface area contributed by atoms with Crippen molar-refractivity contribution in [1.29, 1.82) is 0 Å². The van der Waals surface area contributed by atoms with Gasteiger partial charge in [0.2, 0.25) is 0 Å². The van der Waals surface area contributed by atoms with Crippen LogP contribution in [0, 0.1) is 0 Å². The molecule has 1 aromatic heterocycles. The van der Waals surface area contributed by atoms with Crippen molar-refractivity contribution >= 4 is 18.7 Å². The average molecular weight is 197 g/mol. The first-order valence-electron chi connectivity index (χ1n) is 3.68. The van der Waals surface area contributed by atoms with Crippen molar-refractivity contribution in [2.75, 3.05) is 0 Å². The number of amides is 1. The maximum atomic E-state index is 10.6. The van der Waals surface area contributed by atoms with Crippen molar-refractivity contribution in [2.45, 2.75) is 18.2 Å². The van der Waals surface area contributed by atoms with Crippen molar-refractivity contribution in [3.8, 4) is 0 Å². The monoisotopic (exact) mass is 197 g/mol. The van der Waals surface area contributed by atoms with E-state index in [1.807, 2.05) is 0 Å². The molecule has 1 N–H and O–H groups in total. The third-order valence-electron chi connectivity index (χ3n) is 1.91. The van der Waals surface area contributed by atoms with Gasteiger partial charge in [0.15, 0.2) is 5.16 Å². The molecule has 1 amide bonds. The SMILES string of the molecule is O=C(O)N1Cc2cnc(S)nc2C1. The molecule has 0 aliphatic carbocycles. The molecule has 0 unspecified atom stereocenters. The van der Waals surface area contributed by atoms with E-state index in [0.29, 0.717) is 18.2 Å². The molecule has 0 atom stereocenters. The van der Waals surface area contributed by atoms with Gasteiger partial charge in [-0.1, -0.05) is 0 Å². The highest BCUT2D eigenvalue weighted by Crippen LogP contribution is 2.20. The Hall–Kier alpha value is -1.30. The molecule has 6 heteroatoms. The number of hydrogen-bond acceptors (Lipinski definition) is 4. The van der Waals surface area contributed by atoms with Crippen molar-refractivity contribution < 1.29 is 9.90 Å². The third kappa shape index (κ3) is 1.44. The summed E-state index contributed by atoms with van der Waals surface area (Å²) in [4.78, 5) is 19.8. The minimum atomic E-state index is -0.932. The Morgan fingerprint density at radius 2 is 2.38 bits per heavy atom. The van der Waals surface area contributed by atoms with Gasteiger partial charge in [0.25, 0.3) is 0 Å². The molecule has 1 aliphatic heterocycles. The number of carbonyl (C=O) groups is 1. The number of nitrogens with zero attached hydrogens (tertiary/aromatic N) is 3. The molecule has 0 bridgehead atoms. The summed E-state index contributed by atoms with van der Waals surface area (Å²) in [6.45, 7) is 0.708. The van der Waals surface area contributed by atoms with Crippen LogP contribution in [-0.4, -0.2) is 26.1 Å². The second-order valence-electron chi connectivity index (χ2n) is 2.78. The second-order valence-corrected chi connectivity index (χ2v) is 3.18. The van der Waals surface area contributed by atoms with Gasteiger partial charge >= 0.3 is 6.09 Å². The molecule has 68 valence electrons. The number of thiol groups is 1. The second kappa shape index (κ2) is 2.88. The highest BCUT2D eigenvalue weighted by molar-refractivity contribution is 7.80. The van der Waals surface area contributed by atoms with Crippen LogP contribution in [0.5, 0.6) is 0 Å². The Bertz CT molecular complexity index is 369. The Labute approximate surface area is 79.8 Å². The van der Waals surface area contributed by atoms with E-state index in [2.05, 4.69) is 22.6 Å². The van der Waals surface area contributed by atoms with Crippen LogP contribution in [0.15, 0.2) is 11.4 Å². The average Bonchev–Trinajstić information content (AvgIpc) is 2.46. The zero-order valence-corrected chi connectivity index (χ0v) is 7.53. The van der Waals surface area contributed by atoms with Gasteiger partial charge in [-0.05, 0) is 0 Å². The summed E-state index contributed by atoms with van der Waals surface area (Å²) < 4.78 is 0. The van der Waals surface area contributed by atoms with Gasteiger partial charge in [-0.2, -0.15) is 0 Å². The van der Waals surface area contributed by atoms with Crippen LogP contribution in [0.3, 0.4) is 0 Å². The van der Waals surface area contributed by atoms with Gasteiger partial charge in [0.1, 0.15) is 0 Å². The molecule has 2 rings (SSSR count). The molecular formula is C7H7N3O2S. The van der Waals surface area contributed by atoms with E-state index in [0.717, 1.165) is 11.3 Å². The largest absolute Gasteiger partial charge is 0.465 e. The minimum absolute atomic E-state index is 0.334. The van der Waals surface area contributed by atoms with Crippen LogP contribution >= 0.6 is 12.6 Å². The van der Waals surface area contributed by atoms with Gasteiger partial charge in [0, 0.05) is 11.8 Å². The van der Waals surface area contributed by atoms with Crippen LogP contribution in [-0.2, 0) is 13.1 Å². The highest BCUT2D eigenvalue weighted by atomic mass is 32.1. The van der Waals surface area contributed by atoms with E-state index >= 15 is 0 Å². The van der Waals surface area contributed by atoms with Crippen molar-refractivity contribution in [3.05, 3.63) is 17.5 Å². The first-order valence-corrected chi connectivity index (χ1v) is 4.13. The number of rotatable bonds is 0. The summed E-state index contributed by atoms with van der Waals surface area (Å²) in [6.07, 6.45) is 0.687. The number of hydrogen-bond donors (Lipinski definition) is 2. The molecule has 0 aromatic carbocycles. The van der Waals surface area contributed by atoms with Crippen molar-refractivity contribution in [1.82, 2.24) is 14.9 Å². The molecule has 0 spiro atoms. The molecule has 13 heavy (non-hydrogen) atoms. The molecular weight excluding hydrogens is 190 g/mol. The Morgan fingerprint density at radius 3 is 3.08 bits per heavy atom. The van der Waals surface area contributed by atoms with Gasteiger partial charge in [-0.15, -0.1) is 12.6 Å². The molecule has 0 radical (unpaired) electrons. The molecule has 2 heterocycles. The van der Waals surface area contributed by atoms with Gasteiger partial charge < -0.3 is 5.11 Å². The van der Waals surface area contributed by atoms with Crippen LogP contribution in [0.1, 0.15) is 11.3 Å². The summed E-state index contributed by atoms with van der Waals surface area (Å²) in [7, 11) is 0. The number of fused-ring (bicyclic) bond motifs is 1. The highest BCUT2D eigenvalue weighted by Gasteiger charge is 2.24. The Balaban J connectivity index is 2.30. The summed E-state index contributed by atoms with van der Waals surface area (Å²) in [5.41, 5.74) is 1.61. The van der Waals surface area contributed by atoms with E-state index in [1.165, 1.54) is 4.90 Å². The van der Waals surface area contributed by atoms with Crippen molar-refractivity contribution in [3.63, 3.8) is 0 Å². The van der Waals surface area contributed by atoms with Gasteiger partial charge in [-0.3, -0.25) is 4.90 Å². The smallest absolute Gasteiger partial charge is 0.407 e. The zero-order chi connectivity index (χ0) is 9.42. The normalized spacial score (nSPS) is 14.4. The fraction of sp³-hybridized carbons (Fsp3) is 0.286. The molecule has 1 aliphatic rings. The maximum absolute atomic E-state index is 10.6. The quantitative estimate of drug-likeness (QED) is 0.476. The predicted octanol–water partition coefficient (Wildman–Crippen LogP) is 0.759. The van der Waals surface area contributed by atoms with E-state index in [9.17, 15) is 4.79 Å².